The fourth-order valence-corrected chi connectivity index (χ4v) is 1.43. The Balaban J connectivity index is 2.06. The predicted molar refractivity (Wildman–Crippen MR) is 64.9 cm³/mol. The molecule has 16 heavy (non-hydrogen) atoms. The van der Waals surface area contributed by atoms with Crippen LogP contribution in [0, 0.1) is 5.92 Å². The van der Waals surface area contributed by atoms with Gasteiger partial charge in [-0.15, -0.1) is 0 Å². The van der Waals surface area contributed by atoms with Crippen LogP contribution < -0.4 is 11.1 Å². The molecule has 0 aliphatic rings. The lowest BCUT2D eigenvalue weighted by molar-refractivity contribution is -0.121. The van der Waals surface area contributed by atoms with Gasteiger partial charge in [-0.3, -0.25) is 4.79 Å². The molecule has 1 aromatic rings. The highest BCUT2D eigenvalue weighted by Crippen LogP contribution is 2.02. The maximum Gasteiger partial charge on any atom is 0.220 e. The number of nitrogens with zero attached hydrogens (tertiary/aromatic N) is 1. The molecule has 3 N–H and O–H groups in total. The van der Waals surface area contributed by atoms with Gasteiger partial charge in [-0.2, -0.15) is 0 Å². The van der Waals surface area contributed by atoms with Crippen molar-refractivity contribution in [1.29, 1.82) is 0 Å². The van der Waals surface area contributed by atoms with Gasteiger partial charge < -0.3 is 15.6 Å². The minimum absolute atomic E-state index is 0.118. The standard InChI is InChI=1S/C12H21N3O/c1-11(10-13)4-5-12(16)14-6-9-15-7-2-3-8-15/h2-3,7-8,11H,4-6,9-10,13H2,1H3,(H,14,16). The highest BCUT2D eigenvalue weighted by Gasteiger charge is 2.04. The largest absolute Gasteiger partial charge is 0.354 e. The topological polar surface area (TPSA) is 60.1 Å². The first-order valence-corrected chi connectivity index (χ1v) is 5.80. The highest BCUT2D eigenvalue weighted by molar-refractivity contribution is 5.75. The van der Waals surface area contributed by atoms with E-state index in [1.165, 1.54) is 0 Å². The molecule has 0 bridgehead atoms. The van der Waals surface area contributed by atoms with Crippen LogP contribution in [0.5, 0.6) is 0 Å². The normalized spacial score (nSPS) is 12.4. The SMILES string of the molecule is CC(CN)CCC(=O)NCCn1cccc1. The molecular formula is C12H21N3O. The van der Waals surface area contributed by atoms with Crippen LogP contribution in [-0.4, -0.2) is 23.6 Å². The van der Waals surface area contributed by atoms with E-state index in [2.05, 4.69) is 12.2 Å². The van der Waals surface area contributed by atoms with E-state index in [0.29, 0.717) is 25.4 Å². The Kier molecular flexibility index (Phi) is 5.64. The molecule has 90 valence electrons. The molecule has 1 atom stereocenters. The first kappa shape index (κ1) is 12.8. The summed E-state index contributed by atoms with van der Waals surface area (Å²) < 4.78 is 2.04. The summed E-state index contributed by atoms with van der Waals surface area (Å²) >= 11 is 0. The average molecular weight is 223 g/mol. The lowest BCUT2D eigenvalue weighted by atomic mass is 10.1. The van der Waals surface area contributed by atoms with E-state index in [9.17, 15) is 4.79 Å². The molecule has 0 fully saturated rings. The number of nitrogens with one attached hydrogen (secondary N) is 1. The number of amides is 1. The summed E-state index contributed by atoms with van der Waals surface area (Å²) in [6.07, 6.45) is 5.42. The second kappa shape index (κ2) is 7.06. The Morgan fingerprint density at radius 3 is 2.75 bits per heavy atom. The second-order valence-corrected chi connectivity index (χ2v) is 4.15. The van der Waals surface area contributed by atoms with Gasteiger partial charge in [0.25, 0.3) is 0 Å². The third-order valence-corrected chi connectivity index (χ3v) is 2.62. The van der Waals surface area contributed by atoms with Crippen molar-refractivity contribution >= 4 is 5.91 Å². The zero-order valence-electron chi connectivity index (χ0n) is 9.86. The average Bonchev–Trinajstić information content (AvgIpc) is 2.79. The molecular weight excluding hydrogens is 202 g/mol. The number of rotatable bonds is 7. The van der Waals surface area contributed by atoms with Crippen LogP contribution in [0.2, 0.25) is 0 Å². The van der Waals surface area contributed by atoms with Crippen LogP contribution in [0.3, 0.4) is 0 Å². The molecule has 0 aliphatic carbocycles. The number of aromatic nitrogens is 1. The molecule has 0 spiro atoms. The molecule has 0 aromatic carbocycles. The van der Waals surface area contributed by atoms with Crippen molar-refractivity contribution in [3.05, 3.63) is 24.5 Å². The van der Waals surface area contributed by atoms with Gasteiger partial charge in [-0.05, 0) is 31.0 Å². The van der Waals surface area contributed by atoms with Gasteiger partial charge in [0, 0.05) is 31.9 Å². The van der Waals surface area contributed by atoms with E-state index >= 15 is 0 Å². The van der Waals surface area contributed by atoms with Gasteiger partial charge in [0.15, 0.2) is 0 Å². The van der Waals surface area contributed by atoms with Crippen molar-refractivity contribution in [2.24, 2.45) is 11.7 Å². The summed E-state index contributed by atoms with van der Waals surface area (Å²) in [5.41, 5.74) is 5.49. The summed E-state index contributed by atoms with van der Waals surface area (Å²) in [6, 6.07) is 3.95. The van der Waals surface area contributed by atoms with Gasteiger partial charge in [-0.1, -0.05) is 6.92 Å². The molecule has 0 radical (unpaired) electrons. The Bertz CT molecular complexity index is 295. The number of nitrogens with two attached hydrogens (primary N) is 1. The van der Waals surface area contributed by atoms with E-state index in [-0.39, 0.29) is 5.91 Å². The second-order valence-electron chi connectivity index (χ2n) is 4.15. The number of carbonyl (C=O) groups excluding carboxylic acids is 1. The first-order valence-electron chi connectivity index (χ1n) is 5.80. The molecule has 0 saturated heterocycles. The van der Waals surface area contributed by atoms with Crippen LogP contribution in [0.25, 0.3) is 0 Å². The summed E-state index contributed by atoms with van der Waals surface area (Å²) in [6.45, 7) is 4.22. The fraction of sp³-hybridized carbons (Fsp3) is 0.583. The quantitative estimate of drug-likeness (QED) is 0.724. The third kappa shape index (κ3) is 4.98. The monoisotopic (exact) mass is 223 g/mol. The molecule has 1 heterocycles. The molecule has 1 aromatic heterocycles. The predicted octanol–water partition coefficient (Wildman–Crippen LogP) is 0.979. The third-order valence-electron chi connectivity index (χ3n) is 2.62. The summed E-state index contributed by atoms with van der Waals surface area (Å²) in [4.78, 5) is 11.4. The molecule has 1 rings (SSSR count). The lowest BCUT2D eigenvalue weighted by Crippen LogP contribution is -2.27. The zero-order valence-corrected chi connectivity index (χ0v) is 9.86. The molecule has 0 aliphatic heterocycles. The molecule has 4 nitrogen and oxygen atoms in total. The van der Waals surface area contributed by atoms with Gasteiger partial charge in [-0.25, -0.2) is 0 Å². The van der Waals surface area contributed by atoms with Gasteiger partial charge in [0.2, 0.25) is 5.91 Å². The van der Waals surface area contributed by atoms with Crippen molar-refractivity contribution < 1.29 is 4.79 Å². The molecule has 0 saturated carbocycles. The van der Waals surface area contributed by atoms with Crippen LogP contribution in [0.1, 0.15) is 19.8 Å². The van der Waals surface area contributed by atoms with Crippen molar-refractivity contribution in [2.75, 3.05) is 13.1 Å². The summed E-state index contributed by atoms with van der Waals surface area (Å²) in [5, 5.41) is 2.90. The van der Waals surface area contributed by atoms with E-state index in [1.54, 1.807) is 0 Å². The molecule has 4 heteroatoms. The van der Waals surface area contributed by atoms with Gasteiger partial charge in [0.05, 0.1) is 0 Å². The van der Waals surface area contributed by atoms with E-state index in [4.69, 9.17) is 5.73 Å². The molecule has 1 amide bonds. The van der Waals surface area contributed by atoms with Crippen molar-refractivity contribution in [3.63, 3.8) is 0 Å². The number of hydrogen-bond acceptors (Lipinski definition) is 2. The van der Waals surface area contributed by atoms with Gasteiger partial charge in [0.1, 0.15) is 0 Å². The Morgan fingerprint density at radius 1 is 1.44 bits per heavy atom. The van der Waals surface area contributed by atoms with Crippen LogP contribution in [-0.2, 0) is 11.3 Å². The van der Waals surface area contributed by atoms with Crippen molar-refractivity contribution in [1.82, 2.24) is 9.88 Å². The van der Waals surface area contributed by atoms with Gasteiger partial charge >= 0.3 is 0 Å². The lowest BCUT2D eigenvalue weighted by Gasteiger charge is -2.09. The highest BCUT2D eigenvalue weighted by atomic mass is 16.1. The zero-order chi connectivity index (χ0) is 11.8. The van der Waals surface area contributed by atoms with Crippen LogP contribution >= 0.6 is 0 Å². The summed E-state index contributed by atoms with van der Waals surface area (Å²) in [7, 11) is 0. The number of carbonyl (C=O) groups is 1. The van der Waals surface area contributed by atoms with E-state index in [1.807, 2.05) is 29.1 Å². The Labute approximate surface area is 96.8 Å². The molecule has 1 unspecified atom stereocenters. The Morgan fingerprint density at radius 2 is 2.12 bits per heavy atom. The maximum absolute atomic E-state index is 11.4. The fourth-order valence-electron chi connectivity index (χ4n) is 1.43. The first-order chi connectivity index (χ1) is 7.72. The summed E-state index contributed by atoms with van der Waals surface area (Å²) in [5.74, 6) is 0.544. The smallest absolute Gasteiger partial charge is 0.220 e. The maximum atomic E-state index is 11.4. The van der Waals surface area contributed by atoms with Crippen molar-refractivity contribution in [2.45, 2.75) is 26.3 Å². The van der Waals surface area contributed by atoms with Crippen molar-refractivity contribution in [3.8, 4) is 0 Å². The minimum atomic E-state index is 0.118. The Hall–Kier alpha value is -1.29. The van der Waals surface area contributed by atoms with E-state index in [0.717, 1.165) is 13.0 Å². The van der Waals surface area contributed by atoms with E-state index < -0.39 is 0 Å². The number of hydrogen-bond donors (Lipinski definition) is 2. The van der Waals surface area contributed by atoms with Crippen LogP contribution in [0.4, 0.5) is 0 Å². The minimum Gasteiger partial charge on any atom is -0.354 e. The van der Waals surface area contributed by atoms with Crippen LogP contribution in [0.15, 0.2) is 24.5 Å².